The molecule has 0 aromatic heterocycles. The van der Waals surface area contributed by atoms with E-state index in [0.29, 0.717) is 5.56 Å². The highest BCUT2D eigenvalue weighted by molar-refractivity contribution is 5.25. The Hall–Kier alpha value is -0.890. The molecule has 16 heavy (non-hydrogen) atoms. The molecule has 1 fully saturated rings. The fourth-order valence-electron chi connectivity index (χ4n) is 1.91. The number of hydrogen-bond acceptors (Lipinski definition) is 1. The molecule has 1 saturated carbocycles. The van der Waals surface area contributed by atoms with Gasteiger partial charge in [-0.2, -0.15) is 0 Å². The van der Waals surface area contributed by atoms with Crippen LogP contribution < -0.4 is 5.32 Å². The van der Waals surface area contributed by atoms with Gasteiger partial charge in [0.1, 0.15) is 5.82 Å². The van der Waals surface area contributed by atoms with Crippen LogP contribution in [0.5, 0.6) is 0 Å². The zero-order chi connectivity index (χ0) is 11.5. The van der Waals surface area contributed by atoms with Gasteiger partial charge >= 0.3 is 0 Å². The molecule has 1 aliphatic rings. The number of hydrogen-bond donors (Lipinski definition) is 1. The molecule has 1 unspecified atom stereocenters. The molecule has 1 aliphatic carbocycles. The molecule has 0 radical (unpaired) electrons. The van der Waals surface area contributed by atoms with E-state index in [2.05, 4.69) is 12.2 Å². The molecule has 0 bridgehead atoms. The molecular formula is C14H20FN. The molecule has 1 N–H and O–H groups in total. The number of rotatable bonds is 5. The Labute approximate surface area is 97.1 Å². The predicted molar refractivity (Wildman–Crippen MR) is 64.9 cm³/mol. The van der Waals surface area contributed by atoms with Crippen molar-refractivity contribution >= 4 is 0 Å². The molecule has 1 aromatic rings. The van der Waals surface area contributed by atoms with Crippen LogP contribution in [0, 0.1) is 18.7 Å². The van der Waals surface area contributed by atoms with Gasteiger partial charge in [-0.05, 0) is 49.9 Å². The van der Waals surface area contributed by atoms with E-state index in [1.165, 1.54) is 19.3 Å². The van der Waals surface area contributed by atoms with Crippen molar-refractivity contribution < 1.29 is 4.39 Å². The summed E-state index contributed by atoms with van der Waals surface area (Å²) in [6.45, 7) is 4.93. The van der Waals surface area contributed by atoms with Crippen molar-refractivity contribution in [2.75, 3.05) is 6.54 Å². The lowest BCUT2D eigenvalue weighted by atomic mass is 10.1. The number of aryl methyl sites for hydroxylation is 1. The second-order valence-corrected chi connectivity index (χ2v) is 4.92. The van der Waals surface area contributed by atoms with Gasteiger partial charge in [0.05, 0.1) is 0 Å². The fraction of sp³-hybridized carbons (Fsp3) is 0.571. The summed E-state index contributed by atoms with van der Waals surface area (Å²) in [5, 5.41) is 3.45. The number of benzene rings is 1. The smallest absolute Gasteiger partial charge is 0.126 e. The predicted octanol–water partition coefficient (Wildman–Crippen LogP) is 3.58. The highest BCUT2D eigenvalue weighted by Gasteiger charge is 2.20. The Kier molecular flexibility index (Phi) is 3.59. The molecule has 0 aliphatic heterocycles. The minimum Gasteiger partial charge on any atom is -0.310 e. The average Bonchev–Trinajstić information content (AvgIpc) is 3.06. The van der Waals surface area contributed by atoms with E-state index >= 15 is 0 Å². The average molecular weight is 221 g/mol. The first-order valence-corrected chi connectivity index (χ1v) is 6.16. The van der Waals surface area contributed by atoms with E-state index < -0.39 is 0 Å². The SMILES string of the molecule is Cc1ccc(C(C)NCCC2CC2)cc1F. The Morgan fingerprint density at radius 2 is 2.19 bits per heavy atom. The largest absolute Gasteiger partial charge is 0.310 e. The molecule has 1 nitrogen and oxygen atoms in total. The monoisotopic (exact) mass is 221 g/mol. The van der Waals surface area contributed by atoms with Gasteiger partial charge in [0, 0.05) is 6.04 Å². The zero-order valence-corrected chi connectivity index (χ0v) is 10.1. The van der Waals surface area contributed by atoms with Crippen molar-refractivity contribution in [1.82, 2.24) is 5.32 Å². The first kappa shape index (κ1) is 11.6. The third-order valence-electron chi connectivity index (χ3n) is 3.40. The second-order valence-electron chi connectivity index (χ2n) is 4.92. The summed E-state index contributed by atoms with van der Waals surface area (Å²) in [6.07, 6.45) is 4.06. The highest BCUT2D eigenvalue weighted by atomic mass is 19.1. The summed E-state index contributed by atoms with van der Waals surface area (Å²) < 4.78 is 13.4. The van der Waals surface area contributed by atoms with Crippen LogP contribution in [0.1, 0.15) is 43.4 Å². The van der Waals surface area contributed by atoms with Gasteiger partial charge in [0.15, 0.2) is 0 Å². The maximum Gasteiger partial charge on any atom is 0.126 e. The zero-order valence-electron chi connectivity index (χ0n) is 10.1. The van der Waals surface area contributed by atoms with Crippen LogP contribution in [0.2, 0.25) is 0 Å². The molecule has 88 valence electrons. The lowest BCUT2D eigenvalue weighted by molar-refractivity contribution is 0.534. The Morgan fingerprint density at radius 1 is 1.44 bits per heavy atom. The van der Waals surface area contributed by atoms with Gasteiger partial charge in [0.25, 0.3) is 0 Å². The molecule has 2 heteroatoms. The summed E-state index contributed by atoms with van der Waals surface area (Å²) in [7, 11) is 0. The third-order valence-corrected chi connectivity index (χ3v) is 3.40. The van der Waals surface area contributed by atoms with Crippen molar-refractivity contribution in [2.45, 2.75) is 39.2 Å². The lowest BCUT2D eigenvalue weighted by Crippen LogP contribution is -2.20. The first-order chi connectivity index (χ1) is 7.66. The summed E-state index contributed by atoms with van der Waals surface area (Å²) in [4.78, 5) is 0. The van der Waals surface area contributed by atoms with Crippen molar-refractivity contribution in [1.29, 1.82) is 0 Å². The van der Waals surface area contributed by atoms with Crippen molar-refractivity contribution in [2.24, 2.45) is 5.92 Å². The Bertz CT molecular complexity index is 358. The minimum atomic E-state index is -0.103. The standard InChI is InChI=1S/C14H20FN/c1-10-3-6-13(9-14(10)15)11(2)16-8-7-12-4-5-12/h3,6,9,11-12,16H,4-5,7-8H2,1-2H3. The maximum atomic E-state index is 13.4. The molecule has 0 saturated heterocycles. The van der Waals surface area contributed by atoms with Crippen LogP contribution in [0.3, 0.4) is 0 Å². The summed E-state index contributed by atoms with van der Waals surface area (Å²) in [5.41, 5.74) is 1.76. The van der Waals surface area contributed by atoms with Crippen LogP contribution in [0.25, 0.3) is 0 Å². The topological polar surface area (TPSA) is 12.0 Å². The van der Waals surface area contributed by atoms with Crippen LogP contribution in [0.4, 0.5) is 4.39 Å². The quantitative estimate of drug-likeness (QED) is 0.801. The molecule has 0 spiro atoms. The summed E-state index contributed by atoms with van der Waals surface area (Å²) in [6, 6.07) is 5.75. The van der Waals surface area contributed by atoms with Gasteiger partial charge in [-0.3, -0.25) is 0 Å². The highest BCUT2D eigenvalue weighted by Crippen LogP contribution is 2.31. The van der Waals surface area contributed by atoms with Crippen molar-refractivity contribution in [3.05, 3.63) is 35.1 Å². The molecular weight excluding hydrogens is 201 g/mol. The normalized spacial score (nSPS) is 17.4. The van der Waals surface area contributed by atoms with E-state index in [0.717, 1.165) is 18.0 Å². The lowest BCUT2D eigenvalue weighted by Gasteiger charge is -2.14. The van der Waals surface area contributed by atoms with Crippen molar-refractivity contribution in [3.8, 4) is 0 Å². The van der Waals surface area contributed by atoms with Gasteiger partial charge in [-0.15, -0.1) is 0 Å². The fourth-order valence-corrected chi connectivity index (χ4v) is 1.91. The Morgan fingerprint density at radius 3 is 2.81 bits per heavy atom. The number of halogens is 1. The first-order valence-electron chi connectivity index (χ1n) is 6.16. The van der Waals surface area contributed by atoms with Crippen LogP contribution >= 0.6 is 0 Å². The number of nitrogens with one attached hydrogen (secondary N) is 1. The van der Waals surface area contributed by atoms with Gasteiger partial charge in [0.2, 0.25) is 0 Å². The van der Waals surface area contributed by atoms with E-state index in [9.17, 15) is 4.39 Å². The van der Waals surface area contributed by atoms with E-state index in [1.54, 1.807) is 13.0 Å². The third kappa shape index (κ3) is 3.05. The molecule has 0 heterocycles. The van der Waals surface area contributed by atoms with Crippen LogP contribution in [-0.2, 0) is 0 Å². The van der Waals surface area contributed by atoms with Crippen molar-refractivity contribution in [3.63, 3.8) is 0 Å². The van der Waals surface area contributed by atoms with Crippen LogP contribution in [0.15, 0.2) is 18.2 Å². The van der Waals surface area contributed by atoms with E-state index in [1.807, 2.05) is 12.1 Å². The molecule has 2 rings (SSSR count). The van der Waals surface area contributed by atoms with E-state index in [-0.39, 0.29) is 11.9 Å². The van der Waals surface area contributed by atoms with Crippen LogP contribution in [-0.4, -0.2) is 6.54 Å². The Balaban J connectivity index is 1.86. The minimum absolute atomic E-state index is 0.103. The second kappa shape index (κ2) is 4.96. The van der Waals surface area contributed by atoms with Gasteiger partial charge in [-0.25, -0.2) is 4.39 Å². The van der Waals surface area contributed by atoms with Gasteiger partial charge in [-0.1, -0.05) is 25.0 Å². The molecule has 1 atom stereocenters. The van der Waals surface area contributed by atoms with E-state index in [4.69, 9.17) is 0 Å². The maximum absolute atomic E-state index is 13.4. The summed E-state index contributed by atoms with van der Waals surface area (Å²) >= 11 is 0. The summed E-state index contributed by atoms with van der Waals surface area (Å²) in [5.74, 6) is 0.850. The molecule has 1 aromatic carbocycles. The van der Waals surface area contributed by atoms with Gasteiger partial charge < -0.3 is 5.32 Å². The molecule has 0 amide bonds.